The van der Waals surface area contributed by atoms with E-state index in [2.05, 4.69) is 35.6 Å². The molecule has 1 saturated heterocycles. The standard InChI is InChI=1S/C21H28N4O3/c1-21(2,3)14-24-9-11-25(12-10-24)19(26)18-13-17(22-20(27)23-18)15-5-7-16(28-4)8-6-15/h5-8,13H,9-12,14H2,1-4H3,(H,22,23,27). The molecular formula is C21H28N4O3. The second-order valence-electron chi connectivity index (χ2n) is 8.34. The number of carbonyl (C=O) groups is 1. The van der Waals surface area contributed by atoms with Crippen molar-refractivity contribution in [3.8, 4) is 17.0 Å². The van der Waals surface area contributed by atoms with Gasteiger partial charge < -0.3 is 14.6 Å². The molecule has 7 heteroatoms. The number of hydrogen-bond donors (Lipinski definition) is 1. The summed E-state index contributed by atoms with van der Waals surface area (Å²) in [5, 5.41) is 0. The van der Waals surface area contributed by atoms with E-state index in [0.717, 1.165) is 30.9 Å². The number of hydrogen-bond acceptors (Lipinski definition) is 5. The highest BCUT2D eigenvalue weighted by Crippen LogP contribution is 2.21. The molecule has 1 amide bonds. The normalized spacial score (nSPS) is 15.5. The lowest BCUT2D eigenvalue weighted by Crippen LogP contribution is -2.50. The molecule has 0 radical (unpaired) electrons. The molecule has 0 spiro atoms. The second kappa shape index (κ2) is 8.14. The fourth-order valence-corrected chi connectivity index (χ4v) is 3.43. The molecule has 0 bridgehead atoms. The third-order valence-corrected chi connectivity index (χ3v) is 4.72. The van der Waals surface area contributed by atoms with Crippen LogP contribution in [-0.2, 0) is 0 Å². The van der Waals surface area contributed by atoms with Crippen LogP contribution in [-0.4, -0.2) is 65.5 Å². The maximum atomic E-state index is 12.9. The number of amides is 1. The molecule has 1 aromatic heterocycles. The van der Waals surface area contributed by atoms with Gasteiger partial charge in [0.05, 0.1) is 12.8 Å². The summed E-state index contributed by atoms with van der Waals surface area (Å²) in [5.41, 5.74) is 1.21. The average Bonchev–Trinajstić information content (AvgIpc) is 2.66. The summed E-state index contributed by atoms with van der Waals surface area (Å²) in [6.07, 6.45) is 0. The summed E-state index contributed by atoms with van der Waals surface area (Å²) >= 11 is 0. The van der Waals surface area contributed by atoms with E-state index in [1.165, 1.54) is 0 Å². The van der Waals surface area contributed by atoms with E-state index in [9.17, 15) is 9.59 Å². The number of carbonyl (C=O) groups excluding carboxylic acids is 1. The first-order valence-corrected chi connectivity index (χ1v) is 9.52. The van der Waals surface area contributed by atoms with E-state index in [4.69, 9.17) is 4.74 Å². The predicted octanol–water partition coefficient (Wildman–Crippen LogP) is 2.25. The van der Waals surface area contributed by atoms with Crippen molar-refractivity contribution in [1.82, 2.24) is 19.8 Å². The van der Waals surface area contributed by atoms with Gasteiger partial charge in [-0.2, -0.15) is 4.98 Å². The molecule has 0 unspecified atom stereocenters. The summed E-state index contributed by atoms with van der Waals surface area (Å²) in [4.78, 5) is 35.7. The van der Waals surface area contributed by atoms with E-state index in [1.807, 2.05) is 12.1 Å². The Kier molecular flexibility index (Phi) is 5.84. The van der Waals surface area contributed by atoms with Crippen molar-refractivity contribution in [2.45, 2.75) is 20.8 Å². The Morgan fingerprint density at radius 2 is 1.79 bits per heavy atom. The molecule has 2 heterocycles. The molecule has 1 N–H and O–H groups in total. The molecule has 0 saturated carbocycles. The average molecular weight is 384 g/mol. The van der Waals surface area contributed by atoms with Crippen molar-refractivity contribution in [3.63, 3.8) is 0 Å². The fourth-order valence-electron chi connectivity index (χ4n) is 3.43. The van der Waals surface area contributed by atoms with Crippen molar-refractivity contribution in [1.29, 1.82) is 0 Å². The van der Waals surface area contributed by atoms with Gasteiger partial charge in [-0.3, -0.25) is 9.69 Å². The first-order chi connectivity index (χ1) is 13.2. The van der Waals surface area contributed by atoms with Crippen LogP contribution in [0.4, 0.5) is 0 Å². The molecule has 0 aliphatic carbocycles. The Hall–Kier alpha value is -2.67. The number of piperazine rings is 1. The van der Waals surface area contributed by atoms with Gasteiger partial charge >= 0.3 is 5.69 Å². The highest BCUT2D eigenvalue weighted by Gasteiger charge is 2.25. The molecule has 150 valence electrons. The molecule has 7 nitrogen and oxygen atoms in total. The smallest absolute Gasteiger partial charge is 0.346 e. The summed E-state index contributed by atoms with van der Waals surface area (Å²) in [5.74, 6) is 0.558. The van der Waals surface area contributed by atoms with Crippen LogP contribution in [0.1, 0.15) is 31.3 Å². The van der Waals surface area contributed by atoms with Crippen molar-refractivity contribution in [2.75, 3.05) is 39.8 Å². The molecule has 1 fully saturated rings. The Bertz CT molecular complexity index is 876. The number of nitrogens with one attached hydrogen (secondary N) is 1. The minimum atomic E-state index is -0.525. The summed E-state index contributed by atoms with van der Waals surface area (Å²) < 4.78 is 5.16. The van der Waals surface area contributed by atoms with Crippen LogP contribution in [0.2, 0.25) is 0 Å². The SMILES string of the molecule is COc1ccc(-c2cc(C(=O)N3CCN(CC(C)(C)C)CC3)[nH]c(=O)n2)cc1. The number of benzene rings is 1. The van der Waals surface area contributed by atoms with Crippen LogP contribution in [0.5, 0.6) is 5.75 Å². The fraction of sp³-hybridized carbons (Fsp3) is 0.476. The van der Waals surface area contributed by atoms with E-state index >= 15 is 0 Å². The molecule has 1 aliphatic heterocycles. The van der Waals surface area contributed by atoms with E-state index in [0.29, 0.717) is 18.8 Å². The lowest BCUT2D eigenvalue weighted by Gasteiger charge is -2.37. The topological polar surface area (TPSA) is 78.5 Å². The van der Waals surface area contributed by atoms with Gasteiger partial charge in [-0.05, 0) is 35.7 Å². The van der Waals surface area contributed by atoms with Crippen molar-refractivity contribution in [2.24, 2.45) is 5.41 Å². The molecule has 1 aliphatic rings. The summed E-state index contributed by atoms with van der Waals surface area (Å²) in [6, 6.07) is 8.88. The minimum Gasteiger partial charge on any atom is -0.497 e. The number of aromatic amines is 1. The molecule has 1 aromatic carbocycles. The minimum absolute atomic E-state index is 0.162. The molecule has 28 heavy (non-hydrogen) atoms. The van der Waals surface area contributed by atoms with Crippen molar-refractivity contribution < 1.29 is 9.53 Å². The van der Waals surface area contributed by atoms with E-state index < -0.39 is 5.69 Å². The van der Waals surface area contributed by atoms with Crippen LogP contribution in [0, 0.1) is 5.41 Å². The highest BCUT2D eigenvalue weighted by molar-refractivity contribution is 5.93. The molecule has 0 atom stereocenters. The van der Waals surface area contributed by atoms with Crippen LogP contribution >= 0.6 is 0 Å². The van der Waals surface area contributed by atoms with Gasteiger partial charge in [-0.25, -0.2) is 4.79 Å². The Labute approximate surface area is 165 Å². The predicted molar refractivity (Wildman–Crippen MR) is 109 cm³/mol. The number of rotatable bonds is 4. The molecule has 3 rings (SSSR count). The first kappa shape index (κ1) is 20.1. The Morgan fingerprint density at radius 3 is 2.36 bits per heavy atom. The van der Waals surface area contributed by atoms with E-state index in [-0.39, 0.29) is 17.0 Å². The number of methoxy groups -OCH3 is 1. The summed E-state index contributed by atoms with van der Waals surface area (Å²) in [7, 11) is 1.60. The number of ether oxygens (including phenoxy) is 1. The summed E-state index contributed by atoms with van der Waals surface area (Å²) in [6.45, 7) is 10.6. The lowest BCUT2D eigenvalue weighted by atomic mass is 9.96. The van der Waals surface area contributed by atoms with Crippen LogP contribution in [0.3, 0.4) is 0 Å². The lowest BCUT2D eigenvalue weighted by molar-refractivity contribution is 0.0586. The van der Waals surface area contributed by atoms with Gasteiger partial charge in [0, 0.05) is 38.3 Å². The van der Waals surface area contributed by atoms with Crippen LogP contribution in [0.25, 0.3) is 11.3 Å². The number of aromatic nitrogens is 2. The highest BCUT2D eigenvalue weighted by atomic mass is 16.5. The van der Waals surface area contributed by atoms with E-state index in [1.54, 1.807) is 30.2 Å². The zero-order chi connectivity index (χ0) is 20.3. The second-order valence-corrected chi connectivity index (χ2v) is 8.34. The van der Waals surface area contributed by atoms with Crippen molar-refractivity contribution >= 4 is 5.91 Å². The van der Waals surface area contributed by atoms with Gasteiger partial charge in [0.25, 0.3) is 5.91 Å². The van der Waals surface area contributed by atoms with Gasteiger partial charge in [-0.1, -0.05) is 20.8 Å². The zero-order valence-electron chi connectivity index (χ0n) is 17.0. The third-order valence-electron chi connectivity index (χ3n) is 4.72. The zero-order valence-corrected chi connectivity index (χ0v) is 17.0. The first-order valence-electron chi connectivity index (χ1n) is 9.52. The maximum absolute atomic E-state index is 12.9. The van der Waals surface area contributed by atoms with Crippen LogP contribution in [0.15, 0.2) is 35.1 Å². The molecule has 2 aromatic rings. The number of nitrogens with zero attached hydrogens (tertiary/aromatic N) is 3. The van der Waals surface area contributed by atoms with Gasteiger partial charge in [0.1, 0.15) is 11.4 Å². The third kappa shape index (κ3) is 4.98. The largest absolute Gasteiger partial charge is 0.497 e. The van der Waals surface area contributed by atoms with Crippen molar-refractivity contribution in [3.05, 3.63) is 46.5 Å². The quantitative estimate of drug-likeness (QED) is 0.875. The van der Waals surface area contributed by atoms with Gasteiger partial charge in [0.15, 0.2) is 0 Å². The number of H-pyrrole nitrogens is 1. The van der Waals surface area contributed by atoms with Crippen LogP contribution < -0.4 is 10.4 Å². The van der Waals surface area contributed by atoms with Gasteiger partial charge in [0.2, 0.25) is 0 Å². The maximum Gasteiger partial charge on any atom is 0.346 e. The monoisotopic (exact) mass is 384 g/mol. The Morgan fingerprint density at radius 1 is 1.14 bits per heavy atom. The molecular weight excluding hydrogens is 356 g/mol. The van der Waals surface area contributed by atoms with Gasteiger partial charge in [-0.15, -0.1) is 0 Å². The Balaban J connectivity index is 1.74.